The molecule has 20 heavy (non-hydrogen) atoms. The van der Waals surface area contributed by atoms with Gasteiger partial charge < -0.3 is 9.52 Å². The lowest BCUT2D eigenvalue weighted by Gasteiger charge is -2.26. The molecule has 1 fully saturated rings. The summed E-state index contributed by atoms with van der Waals surface area (Å²) in [7, 11) is 0. The molecule has 1 amide bonds. The van der Waals surface area contributed by atoms with Crippen molar-refractivity contribution in [2.75, 3.05) is 0 Å². The van der Waals surface area contributed by atoms with Crippen molar-refractivity contribution >= 4 is 46.3 Å². The van der Waals surface area contributed by atoms with Crippen molar-refractivity contribution in [1.82, 2.24) is 4.90 Å². The minimum atomic E-state index is -1.06. The first-order valence-electron chi connectivity index (χ1n) is 5.95. The molecule has 5 nitrogen and oxygen atoms in total. The van der Waals surface area contributed by atoms with Crippen molar-refractivity contribution in [3.8, 4) is 0 Å². The summed E-state index contributed by atoms with van der Waals surface area (Å²) in [5.74, 6) is -1.16. The van der Waals surface area contributed by atoms with Gasteiger partial charge in [0.25, 0.3) is 5.91 Å². The van der Waals surface area contributed by atoms with E-state index in [1.807, 2.05) is 0 Å². The molecule has 2 heterocycles. The number of carbonyl (C=O) groups excluding carboxylic acids is 1. The first-order chi connectivity index (χ1) is 9.41. The van der Waals surface area contributed by atoms with Crippen LogP contribution in [0.15, 0.2) is 27.7 Å². The zero-order valence-electron chi connectivity index (χ0n) is 10.9. The van der Waals surface area contributed by atoms with Gasteiger partial charge in [-0.1, -0.05) is 37.8 Å². The molecule has 0 aliphatic carbocycles. The summed E-state index contributed by atoms with van der Waals surface area (Å²) >= 11 is 6.23. The summed E-state index contributed by atoms with van der Waals surface area (Å²) in [5.41, 5.74) is 0. The molecule has 0 radical (unpaired) electrons. The predicted octanol–water partition coefficient (Wildman–Crippen LogP) is 2.59. The van der Waals surface area contributed by atoms with Crippen LogP contribution < -0.4 is 0 Å². The van der Waals surface area contributed by atoms with Gasteiger partial charge in [0.15, 0.2) is 0 Å². The van der Waals surface area contributed by atoms with E-state index >= 15 is 0 Å². The molecule has 1 aromatic heterocycles. The molecule has 1 atom stereocenters. The van der Waals surface area contributed by atoms with E-state index in [9.17, 15) is 14.7 Å². The molecule has 7 heteroatoms. The van der Waals surface area contributed by atoms with Crippen molar-refractivity contribution < 1.29 is 19.1 Å². The lowest BCUT2D eigenvalue weighted by molar-refractivity contribution is -0.146. The summed E-state index contributed by atoms with van der Waals surface area (Å²) < 4.78 is 5.41. The largest absolute Gasteiger partial charge is 0.480 e. The standard InChI is InChI=1S/C13H13NO4S2/c1-7(2)10(12(16)17)14-11(15)9(20-13(14)19)6-8-4-3-5-18-8/h3-7,10H,1-2H3,(H,16,17)/b9-6-/t10-/m1/s1. The molecular formula is C13H13NO4S2. The zero-order valence-corrected chi connectivity index (χ0v) is 12.5. The predicted molar refractivity (Wildman–Crippen MR) is 80.0 cm³/mol. The smallest absolute Gasteiger partial charge is 0.327 e. The summed E-state index contributed by atoms with van der Waals surface area (Å²) in [6.45, 7) is 3.49. The highest BCUT2D eigenvalue weighted by atomic mass is 32.2. The van der Waals surface area contributed by atoms with Gasteiger partial charge in [-0.2, -0.15) is 0 Å². The van der Waals surface area contributed by atoms with Crippen LogP contribution >= 0.6 is 24.0 Å². The van der Waals surface area contributed by atoms with Crippen LogP contribution in [0.1, 0.15) is 19.6 Å². The second kappa shape index (κ2) is 5.80. The van der Waals surface area contributed by atoms with E-state index in [1.54, 1.807) is 32.1 Å². The van der Waals surface area contributed by atoms with Crippen molar-refractivity contribution in [3.63, 3.8) is 0 Å². The molecule has 106 valence electrons. The summed E-state index contributed by atoms with van der Waals surface area (Å²) in [5, 5.41) is 9.28. The fourth-order valence-corrected chi connectivity index (χ4v) is 3.23. The Bertz CT molecular complexity index is 577. The maximum absolute atomic E-state index is 12.3. The number of thiocarbonyl (C=S) groups is 1. The van der Waals surface area contributed by atoms with Crippen LogP contribution in [0.3, 0.4) is 0 Å². The number of amides is 1. The molecule has 1 aromatic rings. The van der Waals surface area contributed by atoms with Crippen LogP contribution in [-0.4, -0.2) is 32.2 Å². The number of carbonyl (C=O) groups is 2. The molecule has 0 bridgehead atoms. The fraction of sp³-hybridized carbons (Fsp3) is 0.308. The van der Waals surface area contributed by atoms with Gasteiger partial charge in [0.2, 0.25) is 0 Å². The van der Waals surface area contributed by atoms with E-state index in [2.05, 4.69) is 0 Å². The van der Waals surface area contributed by atoms with E-state index < -0.39 is 17.9 Å². The van der Waals surface area contributed by atoms with Crippen LogP contribution in [0.2, 0.25) is 0 Å². The summed E-state index contributed by atoms with van der Waals surface area (Å²) in [6, 6.07) is 2.47. The average Bonchev–Trinajstić information content (AvgIpc) is 2.93. The SMILES string of the molecule is CC(C)[C@H](C(=O)O)N1C(=O)/C(=C/c2ccco2)SC1=S. The normalized spacial score (nSPS) is 19.1. The Kier molecular flexibility index (Phi) is 4.29. The van der Waals surface area contributed by atoms with Gasteiger partial charge in [-0.05, 0) is 18.1 Å². The van der Waals surface area contributed by atoms with Gasteiger partial charge in [0.1, 0.15) is 16.1 Å². The molecular weight excluding hydrogens is 298 g/mol. The Morgan fingerprint density at radius 2 is 2.25 bits per heavy atom. The third-order valence-corrected chi connectivity index (χ3v) is 4.13. The first-order valence-corrected chi connectivity index (χ1v) is 7.17. The van der Waals surface area contributed by atoms with E-state index in [0.717, 1.165) is 11.8 Å². The van der Waals surface area contributed by atoms with Gasteiger partial charge in [0.05, 0.1) is 11.2 Å². The van der Waals surface area contributed by atoms with Crippen LogP contribution in [-0.2, 0) is 9.59 Å². The summed E-state index contributed by atoms with van der Waals surface area (Å²) in [4.78, 5) is 25.2. The number of rotatable bonds is 4. The number of carboxylic acids is 1. The highest BCUT2D eigenvalue weighted by molar-refractivity contribution is 8.26. The molecule has 0 aromatic carbocycles. The number of hydrogen-bond donors (Lipinski definition) is 1. The Balaban J connectivity index is 2.31. The average molecular weight is 311 g/mol. The highest BCUT2D eigenvalue weighted by Crippen LogP contribution is 2.35. The fourth-order valence-electron chi connectivity index (χ4n) is 1.92. The quantitative estimate of drug-likeness (QED) is 0.681. The number of thioether (sulfide) groups is 1. The van der Waals surface area contributed by atoms with Crippen molar-refractivity contribution in [2.24, 2.45) is 5.92 Å². The zero-order chi connectivity index (χ0) is 14.9. The molecule has 1 N–H and O–H groups in total. The van der Waals surface area contributed by atoms with Crippen LogP contribution in [0.5, 0.6) is 0 Å². The van der Waals surface area contributed by atoms with E-state index in [0.29, 0.717) is 10.7 Å². The minimum absolute atomic E-state index is 0.238. The number of furan rings is 1. The van der Waals surface area contributed by atoms with Gasteiger partial charge in [-0.15, -0.1) is 0 Å². The van der Waals surface area contributed by atoms with Gasteiger partial charge >= 0.3 is 5.97 Å². The Hall–Kier alpha value is -1.60. The lowest BCUT2D eigenvalue weighted by atomic mass is 10.0. The third kappa shape index (κ3) is 2.78. The Morgan fingerprint density at radius 3 is 2.75 bits per heavy atom. The summed E-state index contributed by atoms with van der Waals surface area (Å²) in [6.07, 6.45) is 3.07. The third-order valence-electron chi connectivity index (χ3n) is 2.80. The Morgan fingerprint density at radius 1 is 1.55 bits per heavy atom. The molecule has 1 aliphatic heterocycles. The molecule has 1 aliphatic rings. The number of nitrogens with zero attached hydrogens (tertiary/aromatic N) is 1. The molecule has 1 saturated heterocycles. The molecule has 2 rings (SSSR count). The van der Waals surface area contributed by atoms with Crippen molar-refractivity contribution in [1.29, 1.82) is 0 Å². The molecule has 0 spiro atoms. The van der Waals surface area contributed by atoms with Gasteiger partial charge in [0, 0.05) is 6.08 Å². The van der Waals surface area contributed by atoms with Crippen LogP contribution in [0.25, 0.3) is 6.08 Å². The van der Waals surface area contributed by atoms with Crippen molar-refractivity contribution in [2.45, 2.75) is 19.9 Å². The van der Waals surface area contributed by atoms with Crippen LogP contribution in [0, 0.1) is 5.92 Å². The lowest BCUT2D eigenvalue weighted by Crippen LogP contribution is -2.47. The van der Waals surface area contributed by atoms with E-state index in [1.165, 1.54) is 11.2 Å². The maximum atomic E-state index is 12.3. The monoisotopic (exact) mass is 311 g/mol. The molecule has 0 unspecified atom stereocenters. The number of aliphatic carboxylic acids is 1. The minimum Gasteiger partial charge on any atom is -0.480 e. The number of hydrogen-bond acceptors (Lipinski definition) is 5. The van der Waals surface area contributed by atoms with E-state index in [-0.39, 0.29) is 10.2 Å². The second-order valence-electron chi connectivity index (χ2n) is 4.59. The Labute approximate surface area is 125 Å². The molecule has 0 saturated carbocycles. The van der Waals surface area contributed by atoms with Gasteiger partial charge in [-0.3, -0.25) is 9.69 Å². The van der Waals surface area contributed by atoms with Crippen LogP contribution in [0.4, 0.5) is 0 Å². The van der Waals surface area contributed by atoms with Crippen molar-refractivity contribution in [3.05, 3.63) is 29.1 Å². The first kappa shape index (κ1) is 14.8. The maximum Gasteiger partial charge on any atom is 0.327 e. The highest BCUT2D eigenvalue weighted by Gasteiger charge is 2.41. The second-order valence-corrected chi connectivity index (χ2v) is 6.27. The van der Waals surface area contributed by atoms with E-state index in [4.69, 9.17) is 16.6 Å². The topological polar surface area (TPSA) is 70.8 Å². The number of carboxylic acid groups (broad SMARTS) is 1. The van der Waals surface area contributed by atoms with Gasteiger partial charge in [-0.25, -0.2) is 4.79 Å².